The Bertz CT molecular complexity index is 898. The monoisotopic (exact) mass is 379 g/mol. The van der Waals surface area contributed by atoms with E-state index in [0.29, 0.717) is 31.6 Å². The highest BCUT2D eigenvalue weighted by Crippen LogP contribution is 2.23. The maximum atomic E-state index is 12.5. The Morgan fingerprint density at radius 3 is 2.62 bits per heavy atom. The third kappa shape index (κ3) is 3.73. The van der Waals surface area contributed by atoms with Gasteiger partial charge in [0.05, 0.1) is 23.8 Å². The largest absolute Gasteiger partial charge is 0.324 e. The lowest BCUT2D eigenvalue weighted by atomic mass is 9.97. The molecule has 3 heterocycles. The number of aromatic nitrogens is 3. The Labute approximate surface area is 153 Å². The van der Waals surface area contributed by atoms with E-state index in [4.69, 9.17) is 0 Å². The van der Waals surface area contributed by atoms with Crippen molar-refractivity contribution in [3.05, 3.63) is 18.5 Å². The van der Waals surface area contributed by atoms with Crippen LogP contribution in [0.2, 0.25) is 0 Å². The van der Waals surface area contributed by atoms with Crippen LogP contribution < -0.4 is 5.32 Å². The van der Waals surface area contributed by atoms with Gasteiger partial charge in [0, 0.05) is 30.4 Å². The standard InChI is InChI=1S/C17H25N5O3S/c1-4-26(24,25)21-7-5-13(6-8-21)17(23)20-15-9-14-10-19-22(12(2)3)16(14)18-11-15/h9-13H,4-8H2,1-3H3,(H,20,23). The first-order valence-electron chi connectivity index (χ1n) is 8.93. The molecule has 142 valence electrons. The van der Waals surface area contributed by atoms with Crippen LogP contribution in [0.3, 0.4) is 0 Å². The molecule has 0 aromatic carbocycles. The topological polar surface area (TPSA) is 97.2 Å². The molecule has 1 fully saturated rings. The molecule has 2 aromatic rings. The Kier molecular flexibility index (Phi) is 5.29. The number of anilines is 1. The van der Waals surface area contributed by atoms with Gasteiger partial charge in [-0.15, -0.1) is 0 Å². The molecular formula is C17H25N5O3S. The highest BCUT2D eigenvalue weighted by molar-refractivity contribution is 7.89. The summed E-state index contributed by atoms with van der Waals surface area (Å²) in [6, 6.07) is 2.08. The number of sulfonamides is 1. The molecule has 3 rings (SSSR count). The summed E-state index contributed by atoms with van der Waals surface area (Å²) < 4.78 is 27.1. The summed E-state index contributed by atoms with van der Waals surface area (Å²) in [4.78, 5) is 16.9. The number of hydrogen-bond acceptors (Lipinski definition) is 5. The number of carbonyl (C=O) groups is 1. The van der Waals surface area contributed by atoms with Gasteiger partial charge in [-0.25, -0.2) is 22.4 Å². The van der Waals surface area contributed by atoms with Crippen molar-refractivity contribution in [2.75, 3.05) is 24.2 Å². The van der Waals surface area contributed by atoms with Crippen LogP contribution in [0.15, 0.2) is 18.5 Å². The maximum Gasteiger partial charge on any atom is 0.227 e. The molecule has 1 amide bonds. The average molecular weight is 379 g/mol. The van der Waals surface area contributed by atoms with Crippen molar-refractivity contribution < 1.29 is 13.2 Å². The van der Waals surface area contributed by atoms with Crippen LogP contribution in [-0.2, 0) is 14.8 Å². The summed E-state index contributed by atoms with van der Waals surface area (Å²) in [5, 5.41) is 8.10. The molecule has 0 spiro atoms. The number of nitrogens with zero attached hydrogens (tertiary/aromatic N) is 4. The zero-order valence-electron chi connectivity index (χ0n) is 15.3. The van der Waals surface area contributed by atoms with E-state index in [1.165, 1.54) is 4.31 Å². The first-order chi connectivity index (χ1) is 12.3. The predicted molar refractivity (Wildman–Crippen MR) is 100 cm³/mol. The van der Waals surface area contributed by atoms with E-state index >= 15 is 0 Å². The van der Waals surface area contributed by atoms with E-state index in [-0.39, 0.29) is 23.6 Å². The van der Waals surface area contributed by atoms with Gasteiger partial charge in [-0.3, -0.25) is 4.79 Å². The van der Waals surface area contributed by atoms with E-state index in [2.05, 4.69) is 15.4 Å². The van der Waals surface area contributed by atoms with E-state index in [1.807, 2.05) is 24.6 Å². The summed E-state index contributed by atoms with van der Waals surface area (Å²) in [6.45, 7) is 6.50. The summed E-state index contributed by atoms with van der Waals surface area (Å²) in [6.07, 6.45) is 4.45. The van der Waals surface area contributed by atoms with Gasteiger partial charge in [0.25, 0.3) is 0 Å². The molecule has 0 aliphatic carbocycles. The molecule has 0 unspecified atom stereocenters. The number of nitrogens with one attached hydrogen (secondary N) is 1. The molecule has 1 saturated heterocycles. The Balaban J connectivity index is 1.65. The van der Waals surface area contributed by atoms with Crippen molar-refractivity contribution in [1.82, 2.24) is 19.1 Å². The van der Waals surface area contributed by atoms with E-state index < -0.39 is 10.0 Å². The maximum absolute atomic E-state index is 12.5. The normalized spacial score (nSPS) is 17.1. The van der Waals surface area contributed by atoms with Crippen molar-refractivity contribution in [3.8, 4) is 0 Å². The molecule has 1 N–H and O–H groups in total. The predicted octanol–water partition coefficient (Wildman–Crippen LogP) is 2.01. The Morgan fingerprint density at radius 1 is 1.31 bits per heavy atom. The third-order valence-corrected chi connectivity index (χ3v) is 6.65. The second kappa shape index (κ2) is 7.32. The van der Waals surface area contributed by atoms with E-state index in [1.54, 1.807) is 19.3 Å². The fourth-order valence-corrected chi connectivity index (χ4v) is 4.34. The zero-order chi connectivity index (χ0) is 18.9. The fraction of sp³-hybridized carbons (Fsp3) is 0.588. The molecule has 8 nitrogen and oxygen atoms in total. The number of fused-ring (bicyclic) bond motifs is 1. The van der Waals surface area contributed by atoms with Gasteiger partial charge in [0.15, 0.2) is 5.65 Å². The lowest BCUT2D eigenvalue weighted by Gasteiger charge is -2.30. The highest BCUT2D eigenvalue weighted by Gasteiger charge is 2.30. The quantitative estimate of drug-likeness (QED) is 0.857. The summed E-state index contributed by atoms with van der Waals surface area (Å²) in [7, 11) is -3.18. The summed E-state index contributed by atoms with van der Waals surface area (Å²) >= 11 is 0. The highest BCUT2D eigenvalue weighted by atomic mass is 32.2. The number of amides is 1. The SMILES string of the molecule is CCS(=O)(=O)N1CCC(C(=O)Nc2cnc3c(cnn3C(C)C)c2)CC1. The smallest absolute Gasteiger partial charge is 0.227 e. The summed E-state index contributed by atoms with van der Waals surface area (Å²) in [5.41, 5.74) is 1.42. The molecule has 1 aliphatic heterocycles. The summed E-state index contributed by atoms with van der Waals surface area (Å²) in [5.74, 6) is -0.178. The van der Waals surface area contributed by atoms with Gasteiger partial charge in [-0.05, 0) is 39.7 Å². The van der Waals surface area contributed by atoms with Gasteiger partial charge < -0.3 is 5.32 Å². The molecule has 2 aromatic heterocycles. The van der Waals surface area contributed by atoms with Crippen LogP contribution in [0, 0.1) is 5.92 Å². The minimum Gasteiger partial charge on any atom is -0.324 e. The van der Waals surface area contributed by atoms with Crippen LogP contribution >= 0.6 is 0 Å². The van der Waals surface area contributed by atoms with Crippen molar-refractivity contribution in [1.29, 1.82) is 0 Å². The molecular weight excluding hydrogens is 354 g/mol. The van der Waals surface area contributed by atoms with Gasteiger partial charge in [-0.2, -0.15) is 5.10 Å². The van der Waals surface area contributed by atoms with E-state index in [0.717, 1.165) is 11.0 Å². The number of pyridine rings is 1. The van der Waals surface area contributed by atoms with Crippen molar-refractivity contribution in [2.45, 2.75) is 39.7 Å². The first kappa shape index (κ1) is 18.8. The number of rotatable bonds is 5. The van der Waals surface area contributed by atoms with Crippen molar-refractivity contribution in [2.24, 2.45) is 5.92 Å². The Morgan fingerprint density at radius 2 is 2.00 bits per heavy atom. The Hall–Kier alpha value is -2.00. The minimum absolute atomic E-state index is 0.0871. The molecule has 1 aliphatic rings. The van der Waals surface area contributed by atoms with Crippen molar-refractivity contribution in [3.63, 3.8) is 0 Å². The molecule has 9 heteroatoms. The number of piperidine rings is 1. The van der Waals surface area contributed by atoms with Crippen LogP contribution in [0.5, 0.6) is 0 Å². The van der Waals surface area contributed by atoms with Crippen molar-refractivity contribution >= 4 is 32.7 Å². The van der Waals surface area contributed by atoms with Gasteiger partial charge in [0.1, 0.15) is 0 Å². The van der Waals surface area contributed by atoms with Crippen LogP contribution in [0.1, 0.15) is 39.7 Å². The van der Waals surface area contributed by atoms with Crippen LogP contribution in [0.25, 0.3) is 11.0 Å². The lowest BCUT2D eigenvalue weighted by molar-refractivity contribution is -0.120. The average Bonchev–Trinajstić information content (AvgIpc) is 3.05. The molecule has 0 saturated carbocycles. The lowest BCUT2D eigenvalue weighted by Crippen LogP contribution is -2.42. The van der Waals surface area contributed by atoms with Gasteiger partial charge >= 0.3 is 0 Å². The number of hydrogen-bond donors (Lipinski definition) is 1. The molecule has 0 atom stereocenters. The van der Waals surface area contributed by atoms with Crippen LogP contribution in [-0.4, -0.2) is 52.2 Å². The molecule has 26 heavy (non-hydrogen) atoms. The van der Waals surface area contributed by atoms with Gasteiger partial charge in [-0.1, -0.05) is 0 Å². The second-order valence-corrected chi connectivity index (χ2v) is 9.14. The second-order valence-electron chi connectivity index (χ2n) is 6.88. The van der Waals surface area contributed by atoms with Gasteiger partial charge in [0.2, 0.25) is 15.9 Å². The fourth-order valence-electron chi connectivity index (χ4n) is 3.21. The van der Waals surface area contributed by atoms with Crippen LogP contribution in [0.4, 0.5) is 5.69 Å². The zero-order valence-corrected chi connectivity index (χ0v) is 16.2. The third-order valence-electron chi connectivity index (χ3n) is 4.77. The molecule has 0 bridgehead atoms. The molecule has 0 radical (unpaired) electrons. The van der Waals surface area contributed by atoms with E-state index in [9.17, 15) is 13.2 Å². The minimum atomic E-state index is -3.18. The first-order valence-corrected chi connectivity index (χ1v) is 10.5. The number of carbonyl (C=O) groups excluding carboxylic acids is 1.